The highest BCUT2D eigenvalue weighted by molar-refractivity contribution is 5.73. The Labute approximate surface area is 125 Å². The van der Waals surface area contributed by atoms with Crippen LogP contribution in [0.3, 0.4) is 0 Å². The molecule has 0 saturated carbocycles. The minimum absolute atomic E-state index is 0.107. The average Bonchev–Trinajstić information content (AvgIpc) is 3.00. The number of carbonyl (C=O) groups excluding carboxylic acids is 1. The van der Waals surface area contributed by atoms with Gasteiger partial charge in [-0.05, 0) is 23.6 Å². The third-order valence-corrected chi connectivity index (χ3v) is 3.20. The number of aromatic nitrogens is 2. The summed E-state index contributed by atoms with van der Waals surface area (Å²) in [4.78, 5) is 11.5. The Kier molecular flexibility index (Phi) is 5.82. The molecule has 2 amide bonds. The first-order valence-corrected chi connectivity index (χ1v) is 7.35. The van der Waals surface area contributed by atoms with Crippen LogP contribution < -0.4 is 10.6 Å². The summed E-state index contributed by atoms with van der Waals surface area (Å²) in [5.41, 5.74) is 2.28. The number of rotatable bonds is 7. The van der Waals surface area contributed by atoms with Crippen molar-refractivity contribution in [2.45, 2.75) is 32.9 Å². The molecule has 2 rings (SSSR count). The summed E-state index contributed by atoms with van der Waals surface area (Å²) in [6.07, 6.45) is 5.80. The second-order valence-electron chi connectivity index (χ2n) is 4.98. The summed E-state index contributed by atoms with van der Waals surface area (Å²) < 4.78 is 1.88. The summed E-state index contributed by atoms with van der Waals surface area (Å²) in [6.45, 7) is 4.13. The number of benzene rings is 1. The first kappa shape index (κ1) is 15.1. The van der Waals surface area contributed by atoms with E-state index in [1.165, 1.54) is 5.56 Å². The van der Waals surface area contributed by atoms with Gasteiger partial charge in [-0.1, -0.05) is 37.6 Å². The number of nitrogens with one attached hydrogen (secondary N) is 2. The lowest BCUT2D eigenvalue weighted by atomic mass is 10.1. The molecule has 0 atom stereocenters. The molecule has 0 bridgehead atoms. The van der Waals surface area contributed by atoms with Gasteiger partial charge in [0.2, 0.25) is 0 Å². The Morgan fingerprint density at radius 2 is 1.95 bits per heavy atom. The van der Waals surface area contributed by atoms with Gasteiger partial charge in [-0.25, -0.2) is 4.79 Å². The fraction of sp³-hybridized carbons (Fsp3) is 0.375. The number of hydrogen-bond acceptors (Lipinski definition) is 2. The fourth-order valence-electron chi connectivity index (χ4n) is 1.97. The van der Waals surface area contributed by atoms with E-state index in [0.717, 1.165) is 31.5 Å². The SMILES string of the molecule is CCCCNC(=O)NCc1ccc(Cn2cccn2)cc1. The lowest BCUT2D eigenvalue weighted by molar-refractivity contribution is 0.240. The molecule has 1 heterocycles. The smallest absolute Gasteiger partial charge is 0.315 e. The number of hydrogen-bond donors (Lipinski definition) is 2. The molecule has 0 aliphatic rings. The molecular formula is C16H22N4O. The van der Waals surface area contributed by atoms with Crippen molar-refractivity contribution in [3.8, 4) is 0 Å². The van der Waals surface area contributed by atoms with Crippen molar-refractivity contribution in [2.75, 3.05) is 6.54 Å². The Hall–Kier alpha value is -2.30. The molecule has 0 saturated heterocycles. The van der Waals surface area contributed by atoms with Crippen LogP contribution in [0.1, 0.15) is 30.9 Å². The molecule has 0 spiro atoms. The Morgan fingerprint density at radius 3 is 2.62 bits per heavy atom. The van der Waals surface area contributed by atoms with Crippen LogP contribution >= 0.6 is 0 Å². The molecule has 21 heavy (non-hydrogen) atoms. The number of carbonyl (C=O) groups is 1. The molecule has 5 heteroatoms. The van der Waals surface area contributed by atoms with E-state index in [-0.39, 0.29) is 6.03 Å². The van der Waals surface area contributed by atoms with Crippen LogP contribution in [0.5, 0.6) is 0 Å². The van der Waals surface area contributed by atoms with E-state index >= 15 is 0 Å². The summed E-state index contributed by atoms with van der Waals surface area (Å²) in [5.74, 6) is 0. The van der Waals surface area contributed by atoms with E-state index in [0.29, 0.717) is 6.54 Å². The largest absolute Gasteiger partial charge is 0.338 e. The molecule has 2 N–H and O–H groups in total. The molecule has 1 aromatic heterocycles. The molecule has 0 fully saturated rings. The van der Waals surface area contributed by atoms with Gasteiger partial charge in [0.15, 0.2) is 0 Å². The van der Waals surface area contributed by atoms with Crippen molar-refractivity contribution in [1.29, 1.82) is 0 Å². The minimum atomic E-state index is -0.107. The van der Waals surface area contributed by atoms with Crippen molar-refractivity contribution in [2.24, 2.45) is 0 Å². The van der Waals surface area contributed by atoms with Crippen LogP contribution in [0.4, 0.5) is 4.79 Å². The van der Waals surface area contributed by atoms with Gasteiger partial charge in [0.1, 0.15) is 0 Å². The monoisotopic (exact) mass is 286 g/mol. The molecular weight excluding hydrogens is 264 g/mol. The molecule has 0 aliphatic heterocycles. The average molecular weight is 286 g/mol. The molecule has 0 unspecified atom stereocenters. The third kappa shape index (κ3) is 5.30. The Balaban J connectivity index is 1.75. The second-order valence-corrected chi connectivity index (χ2v) is 4.98. The van der Waals surface area contributed by atoms with Crippen LogP contribution in [-0.2, 0) is 13.1 Å². The van der Waals surface area contributed by atoms with Gasteiger partial charge < -0.3 is 10.6 Å². The Morgan fingerprint density at radius 1 is 1.19 bits per heavy atom. The van der Waals surface area contributed by atoms with E-state index in [2.05, 4.69) is 34.8 Å². The molecule has 112 valence electrons. The van der Waals surface area contributed by atoms with E-state index in [1.54, 1.807) is 6.20 Å². The lowest BCUT2D eigenvalue weighted by Gasteiger charge is -2.08. The zero-order valence-corrected chi connectivity index (χ0v) is 12.4. The van der Waals surface area contributed by atoms with Crippen molar-refractivity contribution < 1.29 is 4.79 Å². The highest BCUT2D eigenvalue weighted by Crippen LogP contribution is 2.06. The van der Waals surface area contributed by atoms with Gasteiger partial charge in [0.05, 0.1) is 6.54 Å². The van der Waals surface area contributed by atoms with E-state index in [9.17, 15) is 4.79 Å². The summed E-state index contributed by atoms with van der Waals surface area (Å²) >= 11 is 0. The van der Waals surface area contributed by atoms with Gasteiger partial charge >= 0.3 is 6.03 Å². The van der Waals surface area contributed by atoms with Gasteiger partial charge in [-0.15, -0.1) is 0 Å². The highest BCUT2D eigenvalue weighted by Gasteiger charge is 2.00. The minimum Gasteiger partial charge on any atom is -0.338 e. The molecule has 0 aliphatic carbocycles. The van der Waals surface area contributed by atoms with Crippen LogP contribution in [0.15, 0.2) is 42.7 Å². The maximum atomic E-state index is 11.5. The van der Waals surface area contributed by atoms with Crippen molar-refractivity contribution in [3.05, 3.63) is 53.9 Å². The van der Waals surface area contributed by atoms with Crippen LogP contribution in [0.25, 0.3) is 0 Å². The van der Waals surface area contributed by atoms with E-state index in [1.807, 2.05) is 29.1 Å². The Bertz CT molecular complexity index is 534. The van der Waals surface area contributed by atoms with Gasteiger partial charge in [-0.3, -0.25) is 4.68 Å². The molecule has 5 nitrogen and oxygen atoms in total. The summed E-state index contributed by atoms with van der Waals surface area (Å²) in [6, 6.07) is 10.00. The van der Waals surface area contributed by atoms with Gasteiger partial charge in [-0.2, -0.15) is 5.10 Å². The normalized spacial score (nSPS) is 10.3. The van der Waals surface area contributed by atoms with Crippen LogP contribution in [0, 0.1) is 0 Å². The van der Waals surface area contributed by atoms with Crippen molar-refractivity contribution >= 4 is 6.03 Å². The van der Waals surface area contributed by atoms with Crippen molar-refractivity contribution in [1.82, 2.24) is 20.4 Å². The first-order valence-electron chi connectivity index (χ1n) is 7.35. The lowest BCUT2D eigenvalue weighted by Crippen LogP contribution is -2.35. The van der Waals surface area contributed by atoms with Crippen molar-refractivity contribution in [3.63, 3.8) is 0 Å². The fourth-order valence-corrected chi connectivity index (χ4v) is 1.97. The van der Waals surface area contributed by atoms with E-state index < -0.39 is 0 Å². The number of urea groups is 1. The highest BCUT2D eigenvalue weighted by atomic mass is 16.2. The van der Waals surface area contributed by atoms with Crippen LogP contribution in [0.2, 0.25) is 0 Å². The first-order chi connectivity index (χ1) is 10.3. The molecule has 1 aromatic carbocycles. The predicted octanol–water partition coefficient (Wildman–Crippen LogP) is 2.53. The maximum absolute atomic E-state index is 11.5. The third-order valence-electron chi connectivity index (χ3n) is 3.20. The quantitative estimate of drug-likeness (QED) is 0.768. The van der Waals surface area contributed by atoms with Gasteiger partial charge in [0.25, 0.3) is 0 Å². The van der Waals surface area contributed by atoms with E-state index in [4.69, 9.17) is 0 Å². The second kappa shape index (κ2) is 8.09. The summed E-state index contributed by atoms with van der Waals surface area (Å²) in [7, 11) is 0. The molecule has 2 aromatic rings. The number of amides is 2. The zero-order chi connectivity index (χ0) is 14.9. The van der Waals surface area contributed by atoms with Crippen LogP contribution in [-0.4, -0.2) is 22.4 Å². The zero-order valence-electron chi connectivity index (χ0n) is 12.4. The number of nitrogens with zero attached hydrogens (tertiary/aromatic N) is 2. The number of unbranched alkanes of at least 4 members (excludes halogenated alkanes) is 1. The van der Waals surface area contributed by atoms with Gasteiger partial charge in [0, 0.05) is 25.5 Å². The predicted molar refractivity (Wildman–Crippen MR) is 82.9 cm³/mol. The molecule has 0 radical (unpaired) electrons. The topological polar surface area (TPSA) is 59.0 Å². The standard InChI is InChI=1S/C16H22N4O/c1-2-3-9-17-16(21)18-12-14-5-7-15(8-6-14)13-20-11-4-10-19-20/h4-8,10-11H,2-3,9,12-13H2,1H3,(H2,17,18,21). The maximum Gasteiger partial charge on any atom is 0.315 e. The summed E-state index contributed by atoms with van der Waals surface area (Å²) in [5, 5.41) is 9.87.